The number of ketones is 1. The molecule has 1 amide bonds. The Hall–Kier alpha value is -3.91. The highest BCUT2D eigenvalue weighted by Crippen LogP contribution is 2.43. The maximum Gasteiger partial charge on any atom is 0.302 e. The topological polar surface area (TPSA) is 95.5 Å². The molecule has 2 aromatic carbocycles. The molecule has 1 fully saturated rings. The molecule has 4 aromatic rings. The Bertz CT molecular complexity index is 1370. The van der Waals surface area contributed by atoms with Crippen LogP contribution in [0, 0.1) is 5.92 Å². The number of hydrogen-bond donors (Lipinski definition) is 2. The molecule has 8 heteroatoms. The normalized spacial score (nSPS) is 17.7. The lowest BCUT2D eigenvalue weighted by Gasteiger charge is -2.21. The maximum atomic E-state index is 13.2. The predicted octanol–water partition coefficient (Wildman–Crippen LogP) is 5.29. The lowest BCUT2D eigenvalue weighted by atomic mass is 10.00. The standard InChI is InChI=1S/C26H23N3O4S/c1-15(2)14-33-17-8-5-7-16(13-17)23(30)21-22(20-11-6-12-34-20)29(25(32)24(21)31)26-27-18-9-3-4-10-19(18)28-26/h3-13,15,22,30H,14H2,1-2H3,(H,27,28)/b23-21+. The summed E-state index contributed by atoms with van der Waals surface area (Å²) in [5.41, 5.74) is 1.86. The number of aromatic nitrogens is 2. The van der Waals surface area contributed by atoms with Gasteiger partial charge in [-0.25, -0.2) is 4.98 Å². The van der Waals surface area contributed by atoms with Gasteiger partial charge in [-0.1, -0.05) is 44.2 Å². The number of para-hydroxylation sites is 2. The number of ether oxygens (including phenoxy) is 1. The van der Waals surface area contributed by atoms with Gasteiger partial charge in [0.2, 0.25) is 5.95 Å². The lowest BCUT2D eigenvalue weighted by Crippen LogP contribution is -2.30. The molecule has 1 aliphatic heterocycles. The number of hydrogen-bond acceptors (Lipinski definition) is 6. The van der Waals surface area contributed by atoms with E-state index >= 15 is 0 Å². The Labute approximate surface area is 200 Å². The SMILES string of the molecule is CC(C)COc1cccc(/C(O)=C2\C(=O)C(=O)N(c3nc4ccccc4[nH]3)C2c2cccs2)c1. The summed E-state index contributed by atoms with van der Waals surface area (Å²) in [5, 5.41) is 13.2. The molecule has 0 spiro atoms. The molecule has 0 aliphatic carbocycles. The monoisotopic (exact) mass is 473 g/mol. The number of carbonyl (C=O) groups is 2. The molecule has 1 atom stereocenters. The number of nitrogens with one attached hydrogen (secondary N) is 1. The first-order chi connectivity index (χ1) is 16.4. The number of H-pyrrole nitrogens is 1. The quantitative estimate of drug-likeness (QED) is 0.226. The first kappa shape index (κ1) is 21.9. The molecular formula is C26H23N3O4S. The van der Waals surface area contributed by atoms with Gasteiger partial charge in [0, 0.05) is 10.4 Å². The molecule has 1 saturated heterocycles. The summed E-state index contributed by atoms with van der Waals surface area (Å²) in [6, 6.07) is 17.2. The van der Waals surface area contributed by atoms with Crippen LogP contribution in [0.5, 0.6) is 5.75 Å². The predicted molar refractivity (Wildman–Crippen MR) is 132 cm³/mol. The first-order valence-electron chi connectivity index (χ1n) is 11.0. The van der Waals surface area contributed by atoms with Crippen molar-refractivity contribution in [2.24, 2.45) is 5.92 Å². The van der Waals surface area contributed by atoms with E-state index in [1.807, 2.05) is 55.6 Å². The molecule has 5 rings (SSSR count). The molecule has 0 radical (unpaired) electrons. The number of Topliss-reactive ketones (excluding diaryl/α,β-unsaturated/α-hetero) is 1. The molecular weight excluding hydrogens is 450 g/mol. The van der Waals surface area contributed by atoms with Crippen LogP contribution in [0.4, 0.5) is 5.95 Å². The number of rotatable bonds is 6. The number of anilines is 1. The van der Waals surface area contributed by atoms with Crippen molar-refractivity contribution < 1.29 is 19.4 Å². The van der Waals surface area contributed by atoms with Crippen molar-refractivity contribution in [3.05, 3.63) is 82.1 Å². The number of nitrogens with zero attached hydrogens (tertiary/aromatic N) is 2. The van der Waals surface area contributed by atoms with E-state index in [-0.39, 0.29) is 17.3 Å². The van der Waals surface area contributed by atoms with Crippen molar-refractivity contribution >= 4 is 45.8 Å². The van der Waals surface area contributed by atoms with E-state index in [0.717, 1.165) is 10.4 Å². The average Bonchev–Trinajstić information content (AvgIpc) is 3.56. The number of imidazole rings is 1. The van der Waals surface area contributed by atoms with Gasteiger partial charge in [-0.3, -0.25) is 14.5 Å². The second-order valence-corrected chi connectivity index (χ2v) is 9.47. The summed E-state index contributed by atoms with van der Waals surface area (Å²) < 4.78 is 5.78. The number of benzene rings is 2. The number of carbonyl (C=O) groups excluding carboxylic acids is 2. The van der Waals surface area contributed by atoms with Crippen LogP contribution in [0.15, 0.2) is 71.6 Å². The van der Waals surface area contributed by atoms with E-state index in [4.69, 9.17) is 4.74 Å². The number of thiophene rings is 1. The van der Waals surface area contributed by atoms with Crippen LogP contribution in [0.2, 0.25) is 0 Å². The summed E-state index contributed by atoms with van der Waals surface area (Å²) in [5.74, 6) is -0.571. The Morgan fingerprint density at radius 1 is 1.15 bits per heavy atom. The van der Waals surface area contributed by atoms with E-state index in [9.17, 15) is 14.7 Å². The van der Waals surface area contributed by atoms with E-state index in [0.29, 0.717) is 29.4 Å². The Morgan fingerprint density at radius 3 is 2.71 bits per heavy atom. The fourth-order valence-corrected chi connectivity index (χ4v) is 4.80. The van der Waals surface area contributed by atoms with Crippen LogP contribution >= 0.6 is 11.3 Å². The first-order valence-corrected chi connectivity index (χ1v) is 11.8. The molecule has 1 aliphatic rings. The number of aliphatic hydroxyl groups is 1. The van der Waals surface area contributed by atoms with Gasteiger partial charge in [0.1, 0.15) is 17.6 Å². The smallest absolute Gasteiger partial charge is 0.302 e. The van der Waals surface area contributed by atoms with Gasteiger partial charge >= 0.3 is 5.91 Å². The van der Waals surface area contributed by atoms with Crippen molar-refractivity contribution in [3.63, 3.8) is 0 Å². The van der Waals surface area contributed by atoms with Crippen molar-refractivity contribution in [1.29, 1.82) is 0 Å². The van der Waals surface area contributed by atoms with Gasteiger partial charge in [-0.2, -0.15) is 0 Å². The van der Waals surface area contributed by atoms with Crippen LogP contribution in [-0.4, -0.2) is 33.4 Å². The molecule has 2 N–H and O–H groups in total. The lowest BCUT2D eigenvalue weighted by molar-refractivity contribution is -0.132. The van der Waals surface area contributed by atoms with Crippen molar-refractivity contribution in [2.75, 3.05) is 11.5 Å². The molecule has 1 unspecified atom stereocenters. The molecule has 34 heavy (non-hydrogen) atoms. The van der Waals surface area contributed by atoms with Crippen molar-refractivity contribution in [1.82, 2.24) is 9.97 Å². The summed E-state index contributed by atoms with van der Waals surface area (Å²) in [7, 11) is 0. The molecule has 7 nitrogen and oxygen atoms in total. The molecule has 3 heterocycles. The highest BCUT2D eigenvalue weighted by atomic mass is 32.1. The zero-order valence-corrected chi connectivity index (χ0v) is 19.5. The number of aromatic amines is 1. The van der Waals surface area contributed by atoms with Crippen LogP contribution in [0.3, 0.4) is 0 Å². The van der Waals surface area contributed by atoms with E-state index < -0.39 is 17.7 Å². The van der Waals surface area contributed by atoms with Crippen LogP contribution in [0.1, 0.15) is 30.3 Å². The van der Waals surface area contributed by atoms with Crippen molar-refractivity contribution in [2.45, 2.75) is 19.9 Å². The Morgan fingerprint density at radius 2 is 1.97 bits per heavy atom. The highest BCUT2D eigenvalue weighted by Gasteiger charge is 2.48. The zero-order valence-electron chi connectivity index (χ0n) is 18.7. The number of fused-ring (bicyclic) bond motifs is 1. The van der Waals surface area contributed by atoms with Gasteiger partial charge in [0.25, 0.3) is 5.78 Å². The van der Waals surface area contributed by atoms with E-state index in [1.54, 1.807) is 24.3 Å². The third-order valence-electron chi connectivity index (χ3n) is 5.55. The van der Waals surface area contributed by atoms with E-state index in [2.05, 4.69) is 9.97 Å². The Kier molecular flexibility index (Phi) is 5.67. The largest absolute Gasteiger partial charge is 0.507 e. The minimum absolute atomic E-state index is 0.0221. The number of aliphatic hydroxyl groups excluding tert-OH is 1. The highest BCUT2D eigenvalue weighted by molar-refractivity contribution is 7.10. The minimum Gasteiger partial charge on any atom is -0.507 e. The van der Waals surface area contributed by atoms with Gasteiger partial charge in [-0.05, 0) is 41.6 Å². The van der Waals surface area contributed by atoms with Crippen LogP contribution in [-0.2, 0) is 9.59 Å². The zero-order chi connectivity index (χ0) is 23.8. The Balaban J connectivity index is 1.63. The van der Waals surface area contributed by atoms with Crippen molar-refractivity contribution in [3.8, 4) is 5.75 Å². The fraction of sp³-hybridized carbons (Fsp3) is 0.192. The summed E-state index contributed by atoms with van der Waals surface area (Å²) in [6.07, 6.45) is 0. The van der Waals surface area contributed by atoms with Gasteiger partial charge < -0.3 is 14.8 Å². The van der Waals surface area contributed by atoms with Gasteiger partial charge in [0.05, 0.1) is 23.2 Å². The number of amides is 1. The third kappa shape index (κ3) is 3.86. The minimum atomic E-state index is -0.805. The average molecular weight is 474 g/mol. The summed E-state index contributed by atoms with van der Waals surface area (Å²) >= 11 is 1.40. The second-order valence-electron chi connectivity index (χ2n) is 8.49. The maximum absolute atomic E-state index is 13.2. The van der Waals surface area contributed by atoms with Gasteiger partial charge in [0.15, 0.2) is 0 Å². The van der Waals surface area contributed by atoms with E-state index in [1.165, 1.54) is 16.2 Å². The fourth-order valence-electron chi connectivity index (χ4n) is 3.97. The summed E-state index contributed by atoms with van der Waals surface area (Å²) in [6.45, 7) is 4.62. The second kappa shape index (κ2) is 8.79. The molecule has 0 saturated carbocycles. The molecule has 0 bridgehead atoms. The van der Waals surface area contributed by atoms with Gasteiger partial charge in [-0.15, -0.1) is 11.3 Å². The molecule has 2 aromatic heterocycles. The third-order valence-corrected chi connectivity index (χ3v) is 6.48. The van der Waals surface area contributed by atoms with Crippen LogP contribution in [0.25, 0.3) is 16.8 Å². The van der Waals surface area contributed by atoms with Crippen LogP contribution < -0.4 is 9.64 Å². The molecule has 172 valence electrons. The summed E-state index contributed by atoms with van der Waals surface area (Å²) in [4.78, 5) is 36.2.